The summed E-state index contributed by atoms with van der Waals surface area (Å²) in [5.41, 5.74) is 9.18. The van der Waals surface area contributed by atoms with E-state index in [1.807, 2.05) is 6.08 Å². The van der Waals surface area contributed by atoms with Crippen LogP contribution in [-0.2, 0) is 11.2 Å². The third kappa shape index (κ3) is 4.42. The maximum Gasteiger partial charge on any atom is 0.260 e. The number of aromatic nitrogens is 1. The zero-order valence-corrected chi connectivity index (χ0v) is 19.6. The van der Waals surface area contributed by atoms with Gasteiger partial charge >= 0.3 is 0 Å². The maximum atomic E-state index is 12.6. The average Bonchev–Trinajstić information content (AvgIpc) is 3.21. The molecule has 0 unspecified atom stereocenters. The van der Waals surface area contributed by atoms with E-state index in [0.717, 1.165) is 34.0 Å². The van der Waals surface area contributed by atoms with E-state index in [0.29, 0.717) is 0 Å². The van der Waals surface area contributed by atoms with Gasteiger partial charge in [0.2, 0.25) is 0 Å². The zero-order valence-electron chi connectivity index (χ0n) is 18.7. The minimum atomic E-state index is -0.172. The van der Waals surface area contributed by atoms with Crippen molar-refractivity contribution in [1.29, 1.82) is 0 Å². The Bertz CT molecular complexity index is 1160. The van der Waals surface area contributed by atoms with E-state index < -0.39 is 0 Å². The van der Waals surface area contributed by atoms with E-state index in [1.165, 1.54) is 34.1 Å². The van der Waals surface area contributed by atoms with Gasteiger partial charge in [-0.15, -0.1) is 0 Å². The summed E-state index contributed by atoms with van der Waals surface area (Å²) in [6.07, 6.45) is 3.02. The monoisotopic (exact) mass is 431 g/mol. The molecule has 1 fully saturated rings. The van der Waals surface area contributed by atoms with Crippen LogP contribution in [0.2, 0.25) is 0 Å². The molecule has 0 aliphatic carbocycles. The fourth-order valence-electron chi connectivity index (χ4n) is 4.06. The molecular formula is C26H29N3OS. The van der Waals surface area contributed by atoms with Gasteiger partial charge in [-0.05, 0) is 81.1 Å². The Morgan fingerprint density at radius 3 is 2.48 bits per heavy atom. The predicted molar refractivity (Wildman–Crippen MR) is 132 cm³/mol. The Labute approximate surface area is 188 Å². The van der Waals surface area contributed by atoms with Crippen LogP contribution in [0.4, 0.5) is 5.69 Å². The number of thioether (sulfide) groups is 1. The second-order valence-corrected chi connectivity index (χ2v) is 9.27. The molecule has 0 saturated carbocycles. The highest BCUT2D eigenvalue weighted by molar-refractivity contribution is 8.05. The van der Waals surface area contributed by atoms with E-state index in [2.05, 4.69) is 98.4 Å². The van der Waals surface area contributed by atoms with Crippen molar-refractivity contribution in [2.75, 3.05) is 5.32 Å². The van der Waals surface area contributed by atoms with Crippen molar-refractivity contribution in [2.24, 2.45) is 0 Å². The Kier molecular flexibility index (Phi) is 5.96. The van der Waals surface area contributed by atoms with E-state index in [-0.39, 0.29) is 11.4 Å². The van der Waals surface area contributed by atoms with Crippen LogP contribution >= 0.6 is 11.8 Å². The molecule has 1 atom stereocenters. The Morgan fingerprint density at radius 2 is 1.81 bits per heavy atom. The summed E-state index contributed by atoms with van der Waals surface area (Å²) in [6, 6.07) is 17.0. The largest absolute Gasteiger partial charge is 0.357 e. The van der Waals surface area contributed by atoms with Crippen molar-refractivity contribution in [3.8, 4) is 5.69 Å². The molecule has 1 saturated heterocycles. The van der Waals surface area contributed by atoms with Gasteiger partial charge in [0.1, 0.15) is 0 Å². The number of benzene rings is 2. The van der Waals surface area contributed by atoms with E-state index in [9.17, 15) is 4.79 Å². The summed E-state index contributed by atoms with van der Waals surface area (Å²) in [7, 11) is 0. The molecule has 1 aromatic heterocycles. The number of hydrogen-bond donors (Lipinski definition) is 2. The van der Waals surface area contributed by atoms with Crippen LogP contribution in [0, 0.1) is 27.7 Å². The first kappa shape index (κ1) is 21.3. The predicted octanol–water partition coefficient (Wildman–Crippen LogP) is 5.87. The van der Waals surface area contributed by atoms with Crippen molar-refractivity contribution in [1.82, 2.24) is 9.88 Å². The lowest BCUT2D eigenvalue weighted by molar-refractivity contribution is -0.116. The molecule has 0 bridgehead atoms. The number of aryl methyl sites for hydroxylation is 4. The number of anilines is 1. The van der Waals surface area contributed by atoms with Crippen molar-refractivity contribution >= 4 is 29.4 Å². The molecule has 3 aromatic rings. The van der Waals surface area contributed by atoms with Crippen LogP contribution in [0.3, 0.4) is 0 Å². The molecule has 2 aromatic carbocycles. The molecule has 0 radical (unpaired) electrons. The smallest absolute Gasteiger partial charge is 0.260 e. The molecule has 1 amide bonds. The molecule has 2 heterocycles. The summed E-state index contributed by atoms with van der Waals surface area (Å²) >= 11 is 1.52. The molecular weight excluding hydrogens is 402 g/mol. The van der Waals surface area contributed by atoms with E-state index in [1.54, 1.807) is 0 Å². The van der Waals surface area contributed by atoms with Gasteiger partial charge in [-0.2, -0.15) is 0 Å². The van der Waals surface area contributed by atoms with E-state index in [4.69, 9.17) is 0 Å². The number of rotatable bonds is 5. The summed E-state index contributed by atoms with van der Waals surface area (Å²) < 4.78 is 2.27. The summed E-state index contributed by atoms with van der Waals surface area (Å²) in [5.74, 6) is -0.0380. The molecule has 5 heteroatoms. The van der Waals surface area contributed by atoms with Gasteiger partial charge in [0, 0.05) is 22.8 Å². The molecule has 1 aliphatic heterocycles. The van der Waals surface area contributed by atoms with Crippen molar-refractivity contribution in [3.05, 3.63) is 87.1 Å². The number of hydrogen-bond acceptors (Lipinski definition) is 3. The third-order valence-electron chi connectivity index (χ3n) is 5.74. The lowest BCUT2D eigenvalue weighted by Gasteiger charge is -2.13. The van der Waals surface area contributed by atoms with Gasteiger partial charge in [-0.3, -0.25) is 4.79 Å². The summed E-state index contributed by atoms with van der Waals surface area (Å²) in [5, 5.41) is 6.42. The van der Waals surface area contributed by atoms with Gasteiger partial charge in [0.25, 0.3) is 5.91 Å². The Balaban J connectivity index is 1.56. The number of carbonyl (C=O) groups excluding carboxylic acids is 1. The minimum Gasteiger partial charge on any atom is -0.357 e. The Morgan fingerprint density at radius 1 is 1.06 bits per heavy atom. The highest BCUT2D eigenvalue weighted by atomic mass is 32.2. The fourth-order valence-corrected chi connectivity index (χ4v) is 5.03. The van der Waals surface area contributed by atoms with Gasteiger partial charge in [0.15, 0.2) is 5.50 Å². The minimum absolute atomic E-state index is 0.0380. The third-order valence-corrected chi connectivity index (χ3v) is 6.77. The summed E-state index contributed by atoms with van der Waals surface area (Å²) in [4.78, 5) is 13.3. The van der Waals surface area contributed by atoms with Crippen LogP contribution in [0.25, 0.3) is 11.8 Å². The molecule has 2 N–H and O–H groups in total. The standard InChI is InChI=1S/C26H29N3OS/c1-6-20-8-10-22(11-9-20)27-26-28-25(30)24(31-26)15-21-14-18(4)29(19(21)5)23-12-7-16(2)13-17(23)3/h7-15,26-27H,6H2,1-5H3,(H,28,30)/b24-15-/t26-/m1/s1. The van der Waals surface area contributed by atoms with Crippen LogP contribution in [-0.4, -0.2) is 16.0 Å². The second kappa shape index (κ2) is 8.67. The van der Waals surface area contributed by atoms with Crippen LogP contribution in [0.1, 0.15) is 40.6 Å². The molecule has 1 aliphatic rings. The first-order valence-electron chi connectivity index (χ1n) is 10.7. The maximum absolute atomic E-state index is 12.6. The van der Waals surface area contributed by atoms with Crippen LogP contribution in [0.15, 0.2) is 53.4 Å². The fraction of sp³-hybridized carbons (Fsp3) is 0.269. The second-order valence-electron chi connectivity index (χ2n) is 8.13. The van der Waals surface area contributed by atoms with Crippen LogP contribution < -0.4 is 10.6 Å². The average molecular weight is 432 g/mol. The normalized spacial score (nSPS) is 17.3. The molecule has 31 heavy (non-hydrogen) atoms. The molecule has 160 valence electrons. The van der Waals surface area contributed by atoms with Crippen LogP contribution in [0.5, 0.6) is 0 Å². The van der Waals surface area contributed by atoms with Crippen molar-refractivity contribution in [2.45, 2.75) is 46.5 Å². The first-order valence-corrected chi connectivity index (χ1v) is 11.5. The van der Waals surface area contributed by atoms with Gasteiger partial charge in [-0.1, -0.05) is 48.5 Å². The molecule has 4 rings (SSSR count). The SMILES string of the molecule is CCc1ccc(N[C@@H]2NC(=O)/C(=C/c3cc(C)n(-c4ccc(C)cc4C)c3C)S2)cc1. The number of amides is 1. The highest BCUT2D eigenvalue weighted by Gasteiger charge is 2.27. The molecule has 4 nitrogen and oxygen atoms in total. The lowest BCUT2D eigenvalue weighted by atomic mass is 10.1. The van der Waals surface area contributed by atoms with Gasteiger partial charge < -0.3 is 15.2 Å². The number of nitrogens with one attached hydrogen (secondary N) is 2. The van der Waals surface area contributed by atoms with Crippen molar-refractivity contribution < 1.29 is 4.79 Å². The first-order chi connectivity index (χ1) is 14.9. The van der Waals surface area contributed by atoms with E-state index >= 15 is 0 Å². The highest BCUT2D eigenvalue weighted by Crippen LogP contribution is 2.32. The number of carbonyl (C=O) groups is 1. The lowest BCUT2D eigenvalue weighted by Crippen LogP contribution is -2.30. The summed E-state index contributed by atoms with van der Waals surface area (Å²) in [6.45, 7) is 10.6. The quantitative estimate of drug-likeness (QED) is 0.497. The van der Waals surface area contributed by atoms with Gasteiger partial charge in [0.05, 0.1) is 4.91 Å². The Hall–Kier alpha value is -2.92. The van der Waals surface area contributed by atoms with Gasteiger partial charge in [-0.25, -0.2) is 0 Å². The molecule has 0 spiro atoms. The zero-order chi connectivity index (χ0) is 22.1. The topological polar surface area (TPSA) is 46.1 Å². The number of nitrogens with zero attached hydrogens (tertiary/aromatic N) is 1. The van der Waals surface area contributed by atoms with Crippen molar-refractivity contribution in [3.63, 3.8) is 0 Å².